The number of hydrogen-bond acceptors (Lipinski definition) is 4. The van der Waals surface area contributed by atoms with Crippen molar-refractivity contribution in [1.29, 1.82) is 0 Å². The standard InChI is InChI=1S/C15H18BrN3O2/c16-12-1-2-14-13(7-12)15(20)19(10-18-14)5-4-17-8-11-3-6-21-9-11/h1-2,7,10-11,17H,3-6,8-9H2. The first-order chi connectivity index (χ1) is 10.2. The molecule has 1 fully saturated rings. The Morgan fingerprint density at radius 1 is 1.48 bits per heavy atom. The maximum absolute atomic E-state index is 12.4. The highest BCUT2D eigenvalue weighted by Crippen LogP contribution is 2.14. The lowest BCUT2D eigenvalue weighted by Crippen LogP contribution is -2.30. The van der Waals surface area contributed by atoms with Gasteiger partial charge in [-0.15, -0.1) is 0 Å². The fourth-order valence-corrected chi connectivity index (χ4v) is 2.90. The van der Waals surface area contributed by atoms with Crippen LogP contribution in [0.15, 0.2) is 33.8 Å². The highest BCUT2D eigenvalue weighted by atomic mass is 79.9. The van der Waals surface area contributed by atoms with Crippen LogP contribution in [0.4, 0.5) is 0 Å². The van der Waals surface area contributed by atoms with Gasteiger partial charge in [0.15, 0.2) is 0 Å². The second-order valence-corrected chi connectivity index (χ2v) is 6.25. The van der Waals surface area contributed by atoms with Crippen LogP contribution in [0, 0.1) is 5.92 Å². The van der Waals surface area contributed by atoms with Gasteiger partial charge in [0.1, 0.15) is 0 Å². The van der Waals surface area contributed by atoms with Gasteiger partial charge in [0.2, 0.25) is 0 Å². The molecule has 3 rings (SSSR count). The predicted molar refractivity (Wildman–Crippen MR) is 85.5 cm³/mol. The summed E-state index contributed by atoms with van der Waals surface area (Å²) in [7, 11) is 0. The summed E-state index contributed by atoms with van der Waals surface area (Å²) in [5.41, 5.74) is 0.739. The van der Waals surface area contributed by atoms with Gasteiger partial charge in [0.05, 0.1) is 23.8 Å². The van der Waals surface area contributed by atoms with Crippen molar-refractivity contribution in [2.75, 3.05) is 26.3 Å². The van der Waals surface area contributed by atoms with Crippen LogP contribution >= 0.6 is 15.9 Å². The molecule has 1 aliphatic rings. The van der Waals surface area contributed by atoms with Gasteiger partial charge >= 0.3 is 0 Å². The van der Waals surface area contributed by atoms with Gasteiger partial charge < -0.3 is 10.1 Å². The number of ether oxygens (including phenoxy) is 1. The highest BCUT2D eigenvalue weighted by molar-refractivity contribution is 9.10. The van der Waals surface area contributed by atoms with E-state index in [2.05, 4.69) is 26.2 Å². The van der Waals surface area contributed by atoms with Crippen LogP contribution in [-0.4, -0.2) is 35.9 Å². The van der Waals surface area contributed by atoms with Crippen molar-refractivity contribution in [1.82, 2.24) is 14.9 Å². The Labute approximate surface area is 131 Å². The molecule has 0 saturated carbocycles. The molecule has 2 heterocycles. The zero-order valence-corrected chi connectivity index (χ0v) is 13.3. The molecule has 0 amide bonds. The summed E-state index contributed by atoms with van der Waals surface area (Å²) in [5, 5.41) is 4.03. The van der Waals surface area contributed by atoms with Crippen molar-refractivity contribution in [2.45, 2.75) is 13.0 Å². The summed E-state index contributed by atoms with van der Waals surface area (Å²) >= 11 is 3.39. The number of nitrogens with zero attached hydrogens (tertiary/aromatic N) is 2. The fourth-order valence-electron chi connectivity index (χ4n) is 2.54. The van der Waals surface area contributed by atoms with E-state index in [9.17, 15) is 4.79 Å². The van der Waals surface area contributed by atoms with E-state index in [0.29, 0.717) is 17.8 Å². The van der Waals surface area contributed by atoms with Gasteiger partial charge in [-0.05, 0) is 30.5 Å². The summed E-state index contributed by atoms with van der Waals surface area (Å²) in [6, 6.07) is 5.57. The minimum atomic E-state index is 0.00676. The number of benzene rings is 1. The number of halogens is 1. The Hall–Kier alpha value is -1.24. The zero-order chi connectivity index (χ0) is 14.7. The molecule has 21 heavy (non-hydrogen) atoms. The molecule has 1 aromatic heterocycles. The van der Waals surface area contributed by atoms with Gasteiger partial charge in [0, 0.05) is 30.7 Å². The maximum atomic E-state index is 12.4. The smallest absolute Gasteiger partial charge is 0.261 e. The van der Waals surface area contributed by atoms with Crippen LogP contribution in [0.25, 0.3) is 10.9 Å². The third kappa shape index (κ3) is 3.51. The van der Waals surface area contributed by atoms with Gasteiger partial charge in [-0.1, -0.05) is 15.9 Å². The average Bonchev–Trinajstić information content (AvgIpc) is 2.99. The van der Waals surface area contributed by atoms with E-state index in [1.165, 1.54) is 0 Å². The Morgan fingerprint density at radius 2 is 2.38 bits per heavy atom. The van der Waals surface area contributed by atoms with E-state index in [1.807, 2.05) is 18.2 Å². The monoisotopic (exact) mass is 351 g/mol. The Kier molecular flexibility index (Phi) is 4.67. The van der Waals surface area contributed by atoms with Crippen molar-refractivity contribution in [3.63, 3.8) is 0 Å². The topological polar surface area (TPSA) is 56.2 Å². The predicted octanol–water partition coefficient (Wildman–Crippen LogP) is 1.79. The summed E-state index contributed by atoms with van der Waals surface area (Å²) in [6.07, 6.45) is 2.75. The first kappa shape index (κ1) is 14.7. The number of aromatic nitrogens is 2. The summed E-state index contributed by atoms with van der Waals surface area (Å²) in [6.45, 7) is 4.05. The first-order valence-electron chi connectivity index (χ1n) is 7.17. The lowest BCUT2D eigenvalue weighted by atomic mass is 10.1. The molecule has 1 unspecified atom stereocenters. The Morgan fingerprint density at radius 3 is 3.19 bits per heavy atom. The molecule has 0 radical (unpaired) electrons. The van der Waals surface area contributed by atoms with E-state index >= 15 is 0 Å². The number of nitrogens with one attached hydrogen (secondary N) is 1. The van der Waals surface area contributed by atoms with Gasteiger partial charge in [-0.2, -0.15) is 0 Å². The SMILES string of the molecule is O=c1c2cc(Br)ccc2ncn1CCNCC1CCOC1. The molecule has 6 heteroatoms. The highest BCUT2D eigenvalue weighted by Gasteiger charge is 2.14. The molecule has 0 spiro atoms. The van der Waals surface area contributed by atoms with E-state index in [1.54, 1.807) is 10.9 Å². The van der Waals surface area contributed by atoms with E-state index in [4.69, 9.17) is 4.74 Å². The van der Waals surface area contributed by atoms with Crippen molar-refractivity contribution < 1.29 is 4.74 Å². The van der Waals surface area contributed by atoms with Gasteiger partial charge in [-0.25, -0.2) is 4.98 Å². The van der Waals surface area contributed by atoms with E-state index < -0.39 is 0 Å². The lowest BCUT2D eigenvalue weighted by Gasteiger charge is -2.10. The minimum absolute atomic E-state index is 0.00676. The quantitative estimate of drug-likeness (QED) is 0.834. The summed E-state index contributed by atoms with van der Waals surface area (Å²) in [5.74, 6) is 0.604. The van der Waals surface area contributed by atoms with Crippen LogP contribution in [0.1, 0.15) is 6.42 Å². The normalized spacial score (nSPS) is 18.4. The third-order valence-corrected chi connectivity index (χ3v) is 4.27. The van der Waals surface area contributed by atoms with Crippen LogP contribution in [0.3, 0.4) is 0 Å². The second kappa shape index (κ2) is 6.68. The molecule has 1 aromatic carbocycles. The molecule has 1 atom stereocenters. The van der Waals surface area contributed by atoms with E-state index in [0.717, 1.165) is 42.7 Å². The number of hydrogen-bond donors (Lipinski definition) is 1. The number of rotatable bonds is 5. The van der Waals surface area contributed by atoms with Crippen molar-refractivity contribution in [3.05, 3.63) is 39.4 Å². The van der Waals surface area contributed by atoms with Crippen LogP contribution in [-0.2, 0) is 11.3 Å². The summed E-state index contributed by atoms with van der Waals surface area (Å²) in [4.78, 5) is 16.7. The molecular weight excluding hydrogens is 334 g/mol. The molecular formula is C15H18BrN3O2. The molecule has 0 aliphatic carbocycles. The number of fused-ring (bicyclic) bond motifs is 1. The molecule has 112 valence electrons. The largest absolute Gasteiger partial charge is 0.381 e. The molecule has 5 nitrogen and oxygen atoms in total. The Bertz CT molecular complexity index is 680. The van der Waals surface area contributed by atoms with Gasteiger partial charge in [-0.3, -0.25) is 9.36 Å². The average molecular weight is 352 g/mol. The maximum Gasteiger partial charge on any atom is 0.261 e. The van der Waals surface area contributed by atoms with Gasteiger partial charge in [0.25, 0.3) is 5.56 Å². The summed E-state index contributed by atoms with van der Waals surface area (Å²) < 4.78 is 7.90. The molecule has 1 N–H and O–H groups in total. The molecule has 0 bridgehead atoms. The third-order valence-electron chi connectivity index (χ3n) is 3.77. The van der Waals surface area contributed by atoms with E-state index in [-0.39, 0.29) is 5.56 Å². The van der Waals surface area contributed by atoms with Crippen LogP contribution < -0.4 is 10.9 Å². The lowest BCUT2D eigenvalue weighted by molar-refractivity contribution is 0.185. The van der Waals surface area contributed by atoms with Crippen LogP contribution in [0.5, 0.6) is 0 Å². The fraction of sp³-hybridized carbons (Fsp3) is 0.467. The minimum Gasteiger partial charge on any atom is -0.381 e. The first-order valence-corrected chi connectivity index (χ1v) is 7.96. The molecule has 1 saturated heterocycles. The molecule has 1 aliphatic heterocycles. The molecule has 2 aromatic rings. The Balaban J connectivity index is 1.63. The van der Waals surface area contributed by atoms with Crippen molar-refractivity contribution in [2.24, 2.45) is 5.92 Å². The van der Waals surface area contributed by atoms with Crippen molar-refractivity contribution in [3.8, 4) is 0 Å². The van der Waals surface area contributed by atoms with Crippen LogP contribution in [0.2, 0.25) is 0 Å². The van der Waals surface area contributed by atoms with Crippen molar-refractivity contribution >= 4 is 26.8 Å². The second-order valence-electron chi connectivity index (χ2n) is 5.34. The zero-order valence-electron chi connectivity index (χ0n) is 11.7.